The SMILES string of the molecule is N#Cc1cc[n+]([O-])c2cccc(Br)c12. The van der Waals surface area contributed by atoms with Gasteiger partial charge >= 0.3 is 0 Å². The molecule has 0 radical (unpaired) electrons. The summed E-state index contributed by atoms with van der Waals surface area (Å²) in [6.07, 6.45) is 1.34. The molecule has 3 nitrogen and oxygen atoms in total. The van der Waals surface area contributed by atoms with Crippen molar-refractivity contribution in [2.45, 2.75) is 0 Å². The zero-order valence-electron chi connectivity index (χ0n) is 7.07. The molecule has 0 bridgehead atoms. The zero-order chi connectivity index (χ0) is 10.1. The van der Waals surface area contributed by atoms with Crippen molar-refractivity contribution in [2.75, 3.05) is 0 Å². The average molecular weight is 249 g/mol. The van der Waals surface area contributed by atoms with Crippen molar-refractivity contribution in [3.8, 4) is 6.07 Å². The third kappa shape index (κ3) is 1.22. The third-order valence-corrected chi connectivity index (χ3v) is 2.66. The standard InChI is InChI=1S/C10H5BrN2O/c11-8-2-1-3-9-10(8)7(6-12)4-5-13(9)14/h1-5H. The number of hydrogen-bond donors (Lipinski definition) is 0. The van der Waals surface area contributed by atoms with Gasteiger partial charge in [-0.2, -0.15) is 9.99 Å². The van der Waals surface area contributed by atoms with E-state index in [9.17, 15) is 5.21 Å². The highest BCUT2D eigenvalue weighted by atomic mass is 79.9. The minimum absolute atomic E-state index is 0.499. The molecule has 0 aliphatic heterocycles. The summed E-state index contributed by atoms with van der Waals surface area (Å²) in [6, 6.07) is 8.83. The summed E-state index contributed by atoms with van der Waals surface area (Å²) in [7, 11) is 0. The molecule has 0 N–H and O–H groups in total. The van der Waals surface area contributed by atoms with Gasteiger partial charge in [-0.3, -0.25) is 0 Å². The van der Waals surface area contributed by atoms with E-state index in [0.717, 1.165) is 9.20 Å². The zero-order valence-corrected chi connectivity index (χ0v) is 8.65. The van der Waals surface area contributed by atoms with Gasteiger partial charge in [0.25, 0.3) is 0 Å². The number of benzene rings is 1. The summed E-state index contributed by atoms with van der Waals surface area (Å²) >= 11 is 3.32. The fraction of sp³-hybridized carbons (Fsp3) is 0. The minimum Gasteiger partial charge on any atom is -0.618 e. The number of nitriles is 1. The molecule has 0 unspecified atom stereocenters. The van der Waals surface area contributed by atoms with E-state index in [4.69, 9.17) is 5.26 Å². The monoisotopic (exact) mass is 248 g/mol. The number of halogens is 1. The quantitative estimate of drug-likeness (QED) is 0.530. The number of hydrogen-bond acceptors (Lipinski definition) is 2. The lowest BCUT2D eigenvalue weighted by atomic mass is 10.1. The summed E-state index contributed by atoms with van der Waals surface area (Å²) in [5.74, 6) is 0. The van der Waals surface area contributed by atoms with E-state index in [1.54, 1.807) is 12.1 Å². The Morgan fingerprint density at radius 2 is 2.14 bits per heavy atom. The predicted molar refractivity (Wildman–Crippen MR) is 55.3 cm³/mol. The number of nitrogens with zero attached hydrogens (tertiary/aromatic N) is 2. The second kappa shape index (κ2) is 3.28. The van der Waals surface area contributed by atoms with Crippen LogP contribution in [0.15, 0.2) is 34.9 Å². The summed E-state index contributed by atoms with van der Waals surface area (Å²) in [4.78, 5) is 0. The van der Waals surface area contributed by atoms with Gasteiger partial charge in [-0.25, -0.2) is 0 Å². The highest BCUT2D eigenvalue weighted by Crippen LogP contribution is 2.24. The maximum absolute atomic E-state index is 11.4. The fourth-order valence-corrected chi connectivity index (χ4v) is 1.93. The first-order valence-corrected chi connectivity index (χ1v) is 4.74. The van der Waals surface area contributed by atoms with E-state index in [1.165, 1.54) is 12.3 Å². The van der Waals surface area contributed by atoms with Crippen LogP contribution in [0.4, 0.5) is 0 Å². The van der Waals surface area contributed by atoms with Gasteiger partial charge in [-0.05, 0) is 22.0 Å². The van der Waals surface area contributed by atoms with Crippen LogP contribution < -0.4 is 4.73 Å². The van der Waals surface area contributed by atoms with E-state index in [1.807, 2.05) is 6.07 Å². The van der Waals surface area contributed by atoms with Crippen LogP contribution in [0.1, 0.15) is 5.56 Å². The molecule has 2 aromatic rings. The molecule has 68 valence electrons. The molecule has 0 amide bonds. The Hall–Kier alpha value is -1.60. The molecule has 0 aliphatic carbocycles. The second-order valence-corrected chi connectivity index (χ2v) is 3.66. The van der Waals surface area contributed by atoms with Gasteiger partial charge in [0.1, 0.15) is 6.07 Å². The van der Waals surface area contributed by atoms with Gasteiger partial charge < -0.3 is 5.21 Å². The van der Waals surface area contributed by atoms with Crippen molar-refractivity contribution in [3.05, 3.63) is 45.7 Å². The lowest BCUT2D eigenvalue weighted by molar-refractivity contribution is -0.577. The van der Waals surface area contributed by atoms with Crippen molar-refractivity contribution in [2.24, 2.45) is 0 Å². The van der Waals surface area contributed by atoms with Crippen LogP contribution in [0.5, 0.6) is 0 Å². The Balaban J connectivity index is 3.01. The van der Waals surface area contributed by atoms with Gasteiger partial charge in [0.05, 0.1) is 10.9 Å². The van der Waals surface area contributed by atoms with E-state index in [2.05, 4.69) is 22.0 Å². The summed E-state index contributed by atoms with van der Waals surface area (Å²) in [5.41, 5.74) is 0.998. The smallest absolute Gasteiger partial charge is 0.226 e. The van der Waals surface area contributed by atoms with Crippen LogP contribution >= 0.6 is 15.9 Å². The van der Waals surface area contributed by atoms with E-state index in [-0.39, 0.29) is 0 Å². The first-order chi connectivity index (χ1) is 6.74. The van der Waals surface area contributed by atoms with Gasteiger partial charge in [-0.1, -0.05) is 6.07 Å². The highest BCUT2D eigenvalue weighted by Gasteiger charge is 2.10. The average Bonchev–Trinajstić information content (AvgIpc) is 2.20. The van der Waals surface area contributed by atoms with Crippen LogP contribution in [0, 0.1) is 16.5 Å². The van der Waals surface area contributed by atoms with Crippen LogP contribution in [-0.4, -0.2) is 0 Å². The van der Waals surface area contributed by atoms with E-state index < -0.39 is 0 Å². The molecular weight excluding hydrogens is 244 g/mol. The Kier molecular flexibility index (Phi) is 2.10. The minimum atomic E-state index is 0.499. The van der Waals surface area contributed by atoms with E-state index >= 15 is 0 Å². The molecule has 0 saturated carbocycles. The molecule has 0 saturated heterocycles. The van der Waals surface area contributed by atoms with Crippen molar-refractivity contribution < 1.29 is 4.73 Å². The van der Waals surface area contributed by atoms with Gasteiger partial charge in [0.15, 0.2) is 6.20 Å². The van der Waals surface area contributed by atoms with E-state index in [0.29, 0.717) is 16.5 Å². The van der Waals surface area contributed by atoms with Gasteiger partial charge in [0.2, 0.25) is 5.52 Å². The molecule has 1 aromatic carbocycles. The van der Waals surface area contributed by atoms with Gasteiger partial charge in [-0.15, -0.1) is 0 Å². The Morgan fingerprint density at radius 3 is 2.86 bits per heavy atom. The topological polar surface area (TPSA) is 50.7 Å². The molecule has 1 heterocycles. The number of pyridine rings is 1. The Labute approximate surface area is 88.9 Å². The molecule has 0 fully saturated rings. The first-order valence-electron chi connectivity index (χ1n) is 3.94. The third-order valence-electron chi connectivity index (χ3n) is 2.00. The molecule has 0 atom stereocenters. The molecule has 4 heteroatoms. The second-order valence-electron chi connectivity index (χ2n) is 2.80. The molecular formula is C10H5BrN2O. The first kappa shape index (κ1) is 8.97. The summed E-state index contributed by atoms with van der Waals surface area (Å²) < 4.78 is 1.51. The van der Waals surface area contributed by atoms with Crippen LogP contribution in [-0.2, 0) is 0 Å². The normalized spacial score (nSPS) is 10.0. The molecule has 2 rings (SSSR count). The van der Waals surface area contributed by atoms with Crippen molar-refractivity contribution in [3.63, 3.8) is 0 Å². The van der Waals surface area contributed by atoms with Crippen molar-refractivity contribution in [1.29, 1.82) is 5.26 Å². The fourth-order valence-electron chi connectivity index (χ4n) is 1.36. The van der Waals surface area contributed by atoms with Crippen LogP contribution in [0.3, 0.4) is 0 Å². The molecule has 0 aliphatic rings. The van der Waals surface area contributed by atoms with Crippen LogP contribution in [0.25, 0.3) is 10.9 Å². The highest BCUT2D eigenvalue weighted by molar-refractivity contribution is 9.10. The number of aromatic nitrogens is 1. The summed E-state index contributed by atoms with van der Waals surface area (Å²) in [5, 5.41) is 20.9. The lowest BCUT2D eigenvalue weighted by Gasteiger charge is -2.03. The number of fused-ring (bicyclic) bond motifs is 1. The van der Waals surface area contributed by atoms with Crippen LogP contribution in [0.2, 0.25) is 0 Å². The predicted octanol–water partition coefficient (Wildman–Crippen LogP) is 2.11. The Bertz CT molecular complexity index is 546. The van der Waals surface area contributed by atoms with Crippen molar-refractivity contribution in [1.82, 2.24) is 0 Å². The molecule has 14 heavy (non-hydrogen) atoms. The molecule has 1 aromatic heterocycles. The maximum atomic E-state index is 11.4. The summed E-state index contributed by atoms with van der Waals surface area (Å²) in [6.45, 7) is 0. The largest absolute Gasteiger partial charge is 0.618 e. The maximum Gasteiger partial charge on any atom is 0.226 e. The van der Waals surface area contributed by atoms with Gasteiger partial charge in [0, 0.05) is 16.6 Å². The lowest BCUT2D eigenvalue weighted by Crippen LogP contribution is -2.26. The molecule has 0 spiro atoms. The van der Waals surface area contributed by atoms with Crippen molar-refractivity contribution >= 4 is 26.8 Å². The number of rotatable bonds is 0. The Morgan fingerprint density at radius 1 is 1.36 bits per heavy atom.